The predicted molar refractivity (Wildman–Crippen MR) is 111 cm³/mol. The van der Waals surface area contributed by atoms with Crippen LogP contribution in [0.1, 0.15) is 16.7 Å². The lowest BCUT2D eigenvalue weighted by Gasteiger charge is -2.31. The largest absolute Gasteiger partial charge is 0.332 e. The summed E-state index contributed by atoms with van der Waals surface area (Å²) in [6.07, 6.45) is 0. The third kappa shape index (κ3) is 4.16. The summed E-state index contributed by atoms with van der Waals surface area (Å²) in [4.78, 5) is 0. The van der Waals surface area contributed by atoms with Crippen LogP contribution in [0.2, 0.25) is 0 Å². The molecule has 134 valence electrons. The van der Waals surface area contributed by atoms with Gasteiger partial charge in [-0.2, -0.15) is 0 Å². The maximum atomic E-state index is 13.5. The molecule has 0 aliphatic carbocycles. The molecule has 0 amide bonds. The van der Waals surface area contributed by atoms with Gasteiger partial charge < -0.3 is 5.09 Å². The van der Waals surface area contributed by atoms with Crippen molar-refractivity contribution in [2.45, 2.75) is 20.8 Å². The Balaban J connectivity index is 2.03. The fourth-order valence-electron chi connectivity index (χ4n) is 2.73. The summed E-state index contributed by atoms with van der Waals surface area (Å²) < 4.78 is 15.2. The first-order valence-corrected chi connectivity index (χ1v) is 10.3. The molecular weight excluding hydrogens is 341 g/mol. The average Bonchev–Trinajstić information content (AvgIpc) is 2.60. The van der Waals surface area contributed by atoms with Crippen molar-refractivity contribution in [3.8, 4) is 0 Å². The molecule has 3 aromatic carbocycles. The number of hydrogen-bond acceptors (Lipinski definition) is 1. The Labute approximate surface area is 155 Å². The van der Waals surface area contributed by atoms with Gasteiger partial charge in [-0.25, -0.2) is 5.50 Å². The third-order valence-electron chi connectivity index (χ3n) is 4.20. The van der Waals surface area contributed by atoms with Gasteiger partial charge in [-0.3, -0.25) is 9.24 Å². The summed E-state index contributed by atoms with van der Waals surface area (Å²) in [5.41, 5.74) is 12.0. The lowest BCUT2D eigenvalue weighted by Crippen LogP contribution is -2.24. The van der Waals surface area contributed by atoms with E-state index in [0.717, 1.165) is 33.8 Å². The van der Waals surface area contributed by atoms with E-state index in [-0.39, 0.29) is 0 Å². The van der Waals surface area contributed by atoms with E-state index in [2.05, 4.69) is 5.09 Å². The minimum absolute atomic E-state index is 0.727. The van der Waals surface area contributed by atoms with Crippen molar-refractivity contribution in [2.24, 2.45) is 5.50 Å². The first-order valence-electron chi connectivity index (χ1n) is 8.53. The van der Waals surface area contributed by atoms with Gasteiger partial charge in [0.25, 0.3) is 0 Å². The van der Waals surface area contributed by atoms with Crippen molar-refractivity contribution in [3.63, 3.8) is 0 Å². The molecule has 1 atom stereocenters. The molecule has 3 rings (SSSR count). The summed E-state index contributed by atoms with van der Waals surface area (Å²) >= 11 is 0. The van der Waals surface area contributed by atoms with Crippen LogP contribution in [0.4, 0.5) is 17.1 Å². The Kier molecular flexibility index (Phi) is 5.17. The molecule has 4 nitrogen and oxygen atoms in total. The Morgan fingerprint density at radius 3 is 1.42 bits per heavy atom. The molecule has 5 heteroatoms. The number of benzene rings is 3. The van der Waals surface area contributed by atoms with E-state index in [1.807, 2.05) is 93.6 Å². The summed E-state index contributed by atoms with van der Waals surface area (Å²) in [6, 6.07) is 23.4. The van der Waals surface area contributed by atoms with Crippen LogP contribution in [-0.2, 0) is 4.57 Å². The molecule has 0 spiro atoms. The average molecular weight is 365 g/mol. The Hall–Kier alpha value is -2.55. The maximum absolute atomic E-state index is 13.5. The van der Waals surface area contributed by atoms with E-state index in [0.29, 0.717) is 0 Å². The normalized spacial score (nSPS) is 13.1. The van der Waals surface area contributed by atoms with E-state index < -0.39 is 7.59 Å². The van der Waals surface area contributed by atoms with Crippen LogP contribution in [0.25, 0.3) is 0 Å². The van der Waals surface area contributed by atoms with Crippen LogP contribution in [0.5, 0.6) is 0 Å². The second kappa shape index (κ2) is 7.36. The zero-order valence-corrected chi connectivity index (χ0v) is 16.2. The van der Waals surface area contributed by atoms with Crippen LogP contribution >= 0.6 is 7.59 Å². The van der Waals surface area contributed by atoms with Crippen LogP contribution in [0, 0.1) is 20.8 Å². The minimum atomic E-state index is -3.43. The lowest BCUT2D eigenvalue weighted by atomic mass is 10.2. The molecule has 1 unspecified atom stereocenters. The SMILES string of the molecule is Cc1ccc(NP(N)(=O)N(c2ccc(C)cc2)c2ccc(C)cc2)cc1. The van der Waals surface area contributed by atoms with Crippen molar-refractivity contribution in [1.29, 1.82) is 0 Å². The molecule has 0 aliphatic rings. The Morgan fingerprint density at radius 2 is 1.04 bits per heavy atom. The van der Waals surface area contributed by atoms with E-state index >= 15 is 0 Å². The first kappa shape index (κ1) is 18.2. The number of nitrogens with zero attached hydrogens (tertiary/aromatic N) is 1. The fourth-order valence-corrected chi connectivity index (χ4v) is 4.30. The van der Waals surface area contributed by atoms with Crippen molar-refractivity contribution in [2.75, 3.05) is 9.76 Å². The predicted octanol–water partition coefficient (Wildman–Crippen LogP) is 5.93. The first-order chi connectivity index (χ1) is 12.3. The summed E-state index contributed by atoms with van der Waals surface area (Å²) in [6.45, 7) is 6.05. The number of anilines is 3. The topological polar surface area (TPSA) is 58.4 Å². The van der Waals surface area contributed by atoms with Crippen LogP contribution in [0.15, 0.2) is 72.8 Å². The number of hydrogen-bond donors (Lipinski definition) is 2. The summed E-state index contributed by atoms with van der Waals surface area (Å²) in [5, 5.41) is 3.03. The smallest absolute Gasteiger partial charge is 0.308 e. The van der Waals surface area contributed by atoms with Gasteiger partial charge in [-0.05, 0) is 57.2 Å². The van der Waals surface area contributed by atoms with E-state index in [1.165, 1.54) is 0 Å². The van der Waals surface area contributed by atoms with Gasteiger partial charge in [0.2, 0.25) is 0 Å². The van der Waals surface area contributed by atoms with E-state index in [1.54, 1.807) is 4.67 Å². The Bertz CT molecular complexity index is 873. The molecule has 0 aliphatic heterocycles. The lowest BCUT2D eigenvalue weighted by molar-refractivity contribution is 0.579. The monoisotopic (exact) mass is 365 g/mol. The quantitative estimate of drug-likeness (QED) is 0.550. The minimum Gasteiger partial charge on any atom is -0.308 e. The number of nitrogens with two attached hydrogens (primary N) is 1. The van der Waals surface area contributed by atoms with Crippen LogP contribution in [0.3, 0.4) is 0 Å². The Morgan fingerprint density at radius 1 is 0.692 bits per heavy atom. The summed E-state index contributed by atoms with van der Waals surface area (Å²) in [5.74, 6) is 0. The second-order valence-corrected chi connectivity index (χ2v) is 8.45. The molecule has 0 aromatic heterocycles. The van der Waals surface area contributed by atoms with Gasteiger partial charge in [0.15, 0.2) is 0 Å². The molecule has 0 fully saturated rings. The highest BCUT2D eigenvalue weighted by molar-refractivity contribution is 7.65. The van der Waals surface area contributed by atoms with Crippen molar-refractivity contribution in [1.82, 2.24) is 0 Å². The van der Waals surface area contributed by atoms with Crippen molar-refractivity contribution >= 4 is 24.7 Å². The van der Waals surface area contributed by atoms with Gasteiger partial charge in [-0.1, -0.05) is 53.1 Å². The van der Waals surface area contributed by atoms with Crippen molar-refractivity contribution in [3.05, 3.63) is 89.5 Å². The molecule has 3 N–H and O–H groups in total. The highest BCUT2D eigenvalue weighted by atomic mass is 31.2. The second-order valence-electron chi connectivity index (χ2n) is 6.58. The molecule has 26 heavy (non-hydrogen) atoms. The highest BCUT2D eigenvalue weighted by Crippen LogP contribution is 2.50. The third-order valence-corrected chi connectivity index (χ3v) is 5.83. The number of nitrogens with one attached hydrogen (secondary N) is 1. The molecule has 0 saturated heterocycles. The molecule has 0 radical (unpaired) electrons. The van der Waals surface area contributed by atoms with E-state index in [4.69, 9.17) is 5.50 Å². The van der Waals surface area contributed by atoms with Crippen LogP contribution < -0.4 is 15.3 Å². The zero-order valence-electron chi connectivity index (χ0n) is 15.3. The molecule has 0 bridgehead atoms. The number of aryl methyl sites for hydroxylation is 3. The molecular formula is C21H24N3OP. The maximum Gasteiger partial charge on any atom is 0.332 e. The van der Waals surface area contributed by atoms with Gasteiger partial charge in [-0.15, -0.1) is 0 Å². The van der Waals surface area contributed by atoms with E-state index in [9.17, 15) is 4.57 Å². The fraction of sp³-hybridized carbons (Fsp3) is 0.143. The molecule has 3 aromatic rings. The summed E-state index contributed by atoms with van der Waals surface area (Å²) in [7, 11) is -3.43. The van der Waals surface area contributed by atoms with Crippen molar-refractivity contribution < 1.29 is 4.57 Å². The molecule has 0 heterocycles. The standard InChI is InChI=1S/C21H24N3OP/c1-16-4-10-19(11-5-16)23-26(22,25)24(20-12-6-17(2)7-13-20)21-14-8-18(3)9-15-21/h4-15H,1-3H3,(H3,22,23,25). The number of rotatable bonds is 5. The van der Waals surface area contributed by atoms with Crippen LogP contribution in [-0.4, -0.2) is 0 Å². The molecule has 0 saturated carbocycles. The highest BCUT2D eigenvalue weighted by Gasteiger charge is 2.28. The van der Waals surface area contributed by atoms with Gasteiger partial charge in [0, 0.05) is 5.69 Å². The van der Waals surface area contributed by atoms with Gasteiger partial charge in [0.05, 0.1) is 11.4 Å². The van der Waals surface area contributed by atoms with Gasteiger partial charge >= 0.3 is 7.59 Å². The van der Waals surface area contributed by atoms with Gasteiger partial charge in [0.1, 0.15) is 0 Å². The zero-order chi connectivity index (χ0) is 18.7.